The molecule has 1 fully saturated rings. The molecule has 4 rings (SSSR count). The standard InChI is InChI=1S/C22H24B2N2O2/c1-21(2)22(3,4)28-24(27-21)18-11-7-16(8-12-18)20-14-25-19(13-26-20)15-5-9-17(23)10-6-15/h5-14H,23H2,1-4H3. The van der Waals surface area contributed by atoms with Crippen LogP contribution in [0, 0.1) is 0 Å². The van der Waals surface area contributed by atoms with Crippen LogP contribution in [0.3, 0.4) is 0 Å². The molecule has 0 aliphatic carbocycles. The van der Waals surface area contributed by atoms with Crippen LogP contribution >= 0.6 is 0 Å². The Balaban J connectivity index is 1.52. The first-order valence-corrected chi connectivity index (χ1v) is 9.60. The van der Waals surface area contributed by atoms with Crippen molar-refractivity contribution in [1.82, 2.24) is 9.97 Å². The van der Waals surface area contributed by atoms with Crippen LogP contribution in [0.4, 0.5) is 0 Å². The van der Waals surface area contributed by atoms with Crippen molar-refractivity contribution in [3.63, 3.8) is 0 Å². The van der Waals surface area contributed by atoms with Crippen molar-refractivity contribution in [2.75, 3.05) is 0 Å². The Bertz CT molecular complexity index is 953. The number of rotatable bonds is 3. The van der Waals surface area contributed by atoms with E-state index in [1.54, 1.807) is 0 Å². The maximum absolute atomic E-state index is 6.12. The molecule has 0 spiro atoms. The number of benzene rings is 2. The molecule has 1 aromatic heterocycles. The molecule has 4 nitrogen and oxygen atoms in total. The molecule has 0 atom stereocenters. The predicted octanol–water partition coefficient (Wildman–Crippen LogP) is 2.37. The quantitative estimate of drug-likeness (QED) is 0.665. The van der Waals surface area contributed by atoms with Gasteiger partial charge in [0, 0.05) is 11.1 Å². The lowest BCUT2D eigenvalue weighted by Gasteiger charge is -2.32. The fourth-order valence-corrected chi connectivity index (χ4v) is 3.14. The summed E-state index contributed by atoms with van der Waals surface area (Å²) >= 11 is 0. The molecule has 28 heavy (non-hydrogen) atoms. The highest BCUT2D eigenvalue weighted by atomic mass is 16.7. The van der Waals surface area contributed by atoms with Crippen LogP contribution < -0.4 is 10.9 Å². The third-order valence-corrected chi connectivity index (χ3v) is 5.73. The van der Waals surface area contributed by atoms with Crippen LogP contribution in [-0.4, -0.2) is 36.1 Å². The molecule has 2 heterocycles. The first-order valence-electron chi connectivity index (χ1n) is 9.60. The van der Waals surface area contributed by atoms with E-state index in [0.29, 0.717) is 0 Å². The van der Waals surface area contributed by atoms with Crippen molar-refractivity contribution in [2.24, 2.45) is 0 Å². The number of hydrogen-bond donors (Lipinski definition) is 0. The molecular weight excluding hydrogens is 346 g/mol. The van der Waals surface area contributed by atoms with Crippen molar-refractivity contribution < 1.29 is 9.31 Å². The lowest BCUT2D eigenvalue weighted by atomic mass is 9.79. The molecule has 0 bridgehead atoms. The van der Waals surface area contributed by atoms with E-state index < -0.39 is 0 Å². The molecule has 0 N–H and O–H groups in total. The maximum atomic E-state index is 6.12. The summed E-state index contributed by atoms with van der Waals surface area (Å²) in [5.41, 5.74) is 5.36. The minimum absolute atomic E-state index is 0.340. The zero-order chi connectivity index (χ0) is 19.9. The molecule has 0 saturated carbocycles. The van der Waals surface area contributed by atoms with Gasteiger partial charge in [-0.05, 0) is 33.2 Å². The molecule has 0 radical (unpaired) electrons. The van der Waals surface area contributed by atoms with Crippen LogP contribution in [0.5, 0.6) is 0 Å². The summed E-state index contributed by atoms with van der Waals surface area (Å²) in [6.45, 7) is 8.25. The number of aromatic nitrogens is 2. The molecular formula is C22H24B2N2O2. The molecule has 6 heteroatoms. The Labute approximate surface area is 167 Å². The van der Waals surface area contributed by atoms with E-state index in [9.17, 15) is 0 Å². The zero-order valence-corrected chi connectivity index (χ0v) is 17.1. The van der Waals surface area contributed by atoms with Crippen molar-refractivity contribution in [1.29, 1.82) is 0 Å². The fraction of sp³-hybridized carbons (Fsp3) is 0.273. The lowest BCUT2D eigenvalue weighted by molar-refractivity contribution is 0.00578. The van der Waals surface area contributed by atoms with E-state index in [4.69, 9.17) is 9.31 Å². The van der Waals surface area contributed by atoms with E-state index in [1.165, 1.54) is 5.46 Å². The van der Waals surface area contributed by atoms with Gasteiger partial charge < -0.3 is 9.31 Å². The van der Waals surface area contributed by atoms with Crippen molar-refractivity contribution in [3.05, 3.63) is 60.9 Å². The molecule has 0 amide bonds. The van der Waals surface area contributed by atoms with E-state index in [-0.39, 0.29) is 18.3 Å². The Morgan fingerprint density at radius 2 is 1.14 bits per heavy atom. The van der Waals surface area contributed by atoms with E-state index in [1.807, 2.05) is 36.7 Å². The minimum atomic E-state index is -0.353. The lowest BCUT2D eigenvalue weighted by Crippen LogP contribution is -2.41. The van der Waals surface area contributed by atoms with E-state index in [0.717, 1.165) is 28.0 Å². The topological polar surface area (TPSA) is 44.2 Å². The molecule has 0 unspecified atom stereocenters. The summed E-state index contributed by atoms with van der Waals surface area (Å²) in [7, 11) is 1.72. The highest BCUT2D eigenvalue weighted by Gasteiger charge is 2.51. The summed E-state index contributed by atoms with van der Waals surface area (Å²) in [5.74, 6) is 0. The third-order valence-electron chi connectivity index (χ3n) is 5.73. The van der Waals surface area contributed by atoms with Crippen LogP contribution in [-0.2, 0) is 9.31 Å². The highest BCUT2D eigenvalue weighted by molar-refractivity contribution is 6.62. The smallest absolute Gasteiger partial charge is 0.399 e. The van der Waals surface area contributed by atoms with Crippen LogP contribution in [0.2, 0.25) is 0 Å². The van der Waals surface area contributed by atoms with Gasteiger partial charge in [0.05, 0.1) is 35.0 Å². The highest BCUT2D eigenvalue weighted by Crippen LogP contribution is 2.36. The summed E-state index contributed by atoms with van der Waals surface area (Å²) in [6, 6.07) is 16.4. The Kier molecular flexibility index (Phi) is 4.64. The number of hydrogen-bond acceptors (Lipinski definition) is 4. The molecule has 3 aromatic rings. The first-order chi connectivity index (χ1) is 13.2. The van der Waals surface area contributed by atoms with Crippen molar-refractivity contribution in [3.8, 4) is 22.5 Å². The van der Waals surface area contributed by atoms with Crippen LogP contribution in [0.15, 0.2) is 60.9 Å². The maximum Gasteiger partial charge on any atom is 0.494 e. The van der Waals surface area contributed by atoms with Crippen molar-refractivity contribution in [2.45, 2.75) is 38.9 Å². The monoisotopic (exact) mass is 370 g/mol. The largest absolute Gasteiger partial charge is 0.494 e. The Morgan fingerprint density at radius 1 is 0.714 bits per heavy atom. The average molecular weight is 370 g/mol. The van der Waals surface area contributed by atoms with Gasteiger partial charge in [-0.3, -0.25) is 9.97 Å². The normalized spacial score (nSPS) is 17.6. The molecule has 140 valence electrons. The Morgan fingerprint density at radius 3 is 1.57 bits per heavy atom. The molecule has 1 aliphatic rings. The zero-order valence-electron chi connectivity index (χ0n) is 17.1. The van der Waals surface area contributed by atoms with Gasteiger partial charge in [-0.2, -0.15) is 0 Å². The van der Waals surface area contributed by atoms with Crippen LogP contribution in [0.1, 0.15) is 27.7 Å². The summed E-state index contributed by atoms with van der Waals surface area (Å²) in [4.78, 5) is 9.18. The molecule has 2 aromatic carbocycles. The van der Waals surface area contributed by atoms with Gasteiger partial charge in [-0.15, -0.1) is 0 Å². The van der Waals surface area contributed by atoms with Gasteiger partial charge >= 0.3 is 7.12 Å². The van der Waals surface area contributed by atoms with Gasteiger partial charge in [0.2, 0.25) is 0 Å². The van der Waals surface area contributed by atoms with E-state index >= 15 is 0 Å². The second-order valence-electron chi connectivity index (χ2n) is 8.36. The van der Waals surface area contributed by atoms with E-state index in [2.05, 4.69) is 69.8 Å². The average Bonchev–Trinajstić information content (AvgIpc) is 2.90. The predicted molar refractivity (Wildman–Crippen MR) is 117 cm³/mol. The summed E-state index contributed by atoms with van der Waals surface area (Å²) in [5, 5.41) is 0. The van der Waals surface area contributed by atoms with Gasteiger partial charge in [0.25, 0.3) is 0 Å². The van der Waals surface area contributed by atoms with Gasteiger partial charge in [0.1, 0.15) is 7.85 Å². The van der Waals surface area contributed by atoms with Crippen molar-refractivity contribution >= 4 is 25.9 Å². The van der Waals surface area contributed by atoms with Gasteiger partial charge in [-0.25, -0.2) is 0 Å². The molecule has 1 aliphatic heterocycles. The number of nitrogens with zero attached hydrogens (tertiary/aromatic N) is 2. The SMILES string of the molecule is Bc1ccc(-c2cnc(-c3ccc(B4OC(C)(C)C(C)(C)O4)cc3)cn2)cc1. The van der Waals surface area contributed by atoms with Crippen LogP contribution in [0.25, 0.3) is 22.5 Å². The van der Waals surface area contributed by atoms with Gasteiger partial charge in [0.15, 0.2) is 0 Å². The first kappa shape index (κ1) is 18.9. The second-order valence-corrected chi connectivity index (χ2v) is 8.36. The van der Waals surface area contributed by atoms with Gasteiger partial charge in [-0.1, -0.05) is 54.0 Å². The minimum Gasteiger partial charge on any atom is -0.399 e. The second kappa shape index (κ2) is 6.87. The fourth-order valence-electron chi connectivity index (χ4n) is 3.14. The summed E-state index contributed by atoms with van der Waals surface area (Å²) < 4.78 is 12.2. The molecule has 1 saturated heterocycles. The summed E-state index contributed by atoms with van der Waals surface area (Å²) in [6.07, 6.45) is 3.64. The Hall–Kier alpha value is -2.43. The third kappa shape index (κ3) is 3.50.